The summed E-state index contributed by atoms with van der Waals surface area (Å²) in [6, 6.07) is 0.591. The standard InChI is InChI=1S/C13H25NO2/c1-11(2)14-10-12-3-6-16-13(9-12)4-7-15-8-5-13/h11-12,14H,3-10H2,1-2H3. The van der Waals surface area contributed by atoms with Crippen LogP contribution in [0.15, 0.2) is 0 Å². The lowest BCUT2D eigenvalue weighted by atomic mass is 9.81. The SMILES string of the molecule is CC(C)NCC1CCOC2(CCOCC2)C1. The Morgan fingerprint density at radius 3 is 2.69 bits per heavy atom. The fraction of sp³-hybridized carbons (Fsp3) is 1.00. The molecule has 0 aromatic heterocycles. The van der Waals surface area contributed by atoms with Crippen LogP contribution < -0.4 is 5.32 Å². The average Bonchev–Trinajstić information content (AvgIpc) is 2.28. The van der Waals surface area contributed by atoms with E-state index in [0.717, 1.165) is 45.1 Å². The molecule has 2 fully saturated rings. The second kappa shape index (κ2) is 5.48. The van der Waals surface area contributed by atoms with Gasteiger partial charge in [0.05, 0.1) is 5.60 Å². The van der Waals surface area contributed by atoms with Crippen LogP contribution in [0.3, 0.4) is 0 Å². The van der Waals surface area contributed by atoms with Gasteiger partial charge in [0.15, 0.2) is 0 Å². The minimum Gasteiger partial charge on any atom is -0.381 e. The van der Waals surface area contributed by atoms with Crippen LogP contribution in [-0.2, 0) is 9.47 Å². The van der Waals surface area contributed by atoms with Crippen molar-refractivity contribution in [1.29, 1.82) is 0 Å². The highest BCUT2D eigenvalue weighted by Crippen LogP contribution is 2.36. The minimum atomic E-state index is 0.153. The van der Waals surface area contributed by atoms with Crippen molar-refractivity contribution in [3.05, 3.63) is 0 Å². The first-order chi connectivity index (χ1) is 7.70. The van der Waals surface area contributed by atoms with Crippen LogP contribution >= 0.6 is 0 Å². The molecule has 1 spiro atoms. The van der Waals surface area contributed by atoms with E-state index in [1.54, 1.807) is 0 Å². The largest absolute Gasteiger partial charge is 0.381 e. The molecule has 1 unspecified atom stereocenters. The van der Waals surface area contributed by atoms with Gasteiger partial charge in [-0.05, 0) is 38.1 Å². The zero-order valence-electron chi connectivity index (χ0n) is 10.6. The molecular formula is C13H25NO2. The molecule has 3 heteroatoms. The third-order valence-electron chi connectivity index (χ3n) is 3.81. The van der Waals surface area contributed by atoms with E-state index >= 15 is 0 Å². The van der Waals surface area contributed by atoms with E-state index in [4.69, 9.17) is 9.47 Å². The lowest BCUT2D eigenvalue weighted by Gasteiger charge is -2.43. The van der Waals surface area contributed by atoms with Crippen LogP contribution in [0.5, 0.6) is 0 Å². The summed E-state index contributed by atoms with van der Waals surface area (Å²) in [4.78, 5) is 0. The van der Waals surface area contributed by atoms with Gasteiger partial charge >= 0.3 is 0 Å². The summed E-state index contributed by atoms with van der Waals surface area (Å²) in [5.41, 5.74) is 0.153. The van der Waals surface area contributed by atoms with Crippen LogP contribution in [0.2, 0.25) is 0 Å². The Labute approximate surface area is 98.9 Å². The fourth-order valence-electron chi connectivity index (χ4n) is 2.80. The molecule has 2 rings (SSSR count). The van der Waals surface area contributed by atoms with Crippen molar-refractivity contribution in [1.82, 2.24) is 5.32 Å². The number of ether oxygens (including phenoxy) is 2. The third-order valence-corrected chi connectivity index (χ3v) is 3.81. The summed E-state index contributed by atoms with van der Waals surface area (Å²) >= 11 is 0. The van der Waals surface area contributed by atoms with Crippen LogP contribution in [0.4, 0.5) is 0 Å². The molecule has 94 valence electrons. The monoisotopic (exact) mass is 227 g/mol. The normalized spacial score (nSPS) is 29.8. The molecule has 0 saturated carbocycles. The van der Waals surface area contributed by atoms with Gasteiger partial charge < -0.3 is 14.8 Å². The number of rotatable bonds is 3. The van der Waals surface area contributed by atoms with E-state index in [0.29, 0.717) is 6.04 Å². The number of hydrogen-bond acceptors (Lipinski definition) is 3. The first-order valence-electron chi connectivity index (χ1n) is 6.65. The van der Waals surface area contributed by atoms with Gasteiger partial charge in [-0.3, -0.25) is 0 Å². The maximum atomic E-state index is 6.04. The van der Waals surface area contributed by atoms with Crippen molar-refractivity contribution in [3.63, 3.8) is 0 Å². The fourth-order valence-corrected chi connectivity index (χ4v) is 2.80. The Balaban J connectivity index is 1.83. The lowest BCUT2D eigenvalue weighted by molar-refractivity contribution is -0.146. The van der Waals surface area contributed by atoms with Gasteiger partial charge in [0.25, 0.3) is 0 Å². The molecule has 2 aliphatic rings. The zero-order chi connectivity index (χ0) is 11.4. The van der Waals surface area contributed by atoms with E-state index in [2.05, 4.69) is 19.2 Å². The summed E-state index contributed by atoms with van der Waals surface area (Å²) in [6.45, 7) is 8.26. The highest BCUT2D eigenvalue weighted by Gasteiger charge is 2.38. The maximum absolute atomic E-state index is 6.04. The van der Waals surface area contributed by atoms with Crippen LogP contribution in [0.25, 0.3) is 0 Å². The Hall–Kier alpha value is -0.120. The van der Waals surface area contributed by atoms with Gasteiger partial charge in [-0.25, -0.2) is 0 Å². The van der Waals surface area contributed by atoms with Gasteiger partial charge in [-0.2, -0.15) is 0 Å². The third kappa shape index (κ3) is 3.19. The molecule has 2 aliphatic heterocycles. The van der Waals surface area contributed by atoms with Crippen molar-refractivity contribution in [2.45, 2.75) is 51.2 Å². The first kappa shape index (κ1) is 12.3. The molecule has 2 saturated heterocycles. The summed E-state index contributed by atoms with van der Waals surface area (Å²) in [6.07, 6.45) is 4.61. The highest BCUT2D eigenvalue weighted by molar-refractivity contribution is 4.89. The predicted molar refractivity (Wildman–Crippen MR) is 64.6 cm³/mol. The Morgan fingerprint density at radius 2 is 2.00 bits per heavy atom. The molecule has 3 nitrogen and oxygen atoms in total. The average molecular weight is 227 g/mol. The molecule has 0 aromatic carbocycles. The van der Waals surface area contributed by atoms with Gasteiger partial charge in [0.1, 0.15) is 0 Å². The maximum Gasteiger partial charge on any atom is 0.0729 e. The molecular weight excluding hydrogens is 202 g/mol. The molecule has 0 amide bonds. The van der Waals surface area contributed by atoms with Crippen molar-refractivity contribution < 1.29 is 9.47 Å². The second-order valence-corrected chi connectivity index (χ2v) is 5.57. The summed E-state index contributed by atoms with van der Waals surface area (Å²) in [7, 11) is 0. The first-order valence-corrected chi connectivity index (χ1v) is 6.65. The predicted octanol–water partition coefficient (Wildman–Crippen LogP) is 1.96. The molecule has 16 heavy (non-hydrogen) atoms. The van der Waals surface area contributed by atoms with E-state index in [-0.39, 0.29) is 5.60 Å². The van der Waals surface area contributed by atoms with E-state index in [1.165, 1.54) is 12.8 Å². The molecule has 0 radical (unpaired) electrons. The van der Waals surface area contributed by atoms with Gasteiger partial charge in [0.2, 0.25) is 0 Å². The molecule has 2 heterocycles. The van der Waals surface area contributed by atoms with Gasteiger partial charge in [-0.15, -0.1) is 0 Å². The van der Waals surface area contributed by atoms with Gasteiger partial charge in [0, 0.05) is 25.9 Å². The van der Waals surface area contributed by atoms with Crippen molar-refractivity contribution >= 4 is 0 Å². The highest BCUT2D eigenvalue weighted by atomic mass is 16.5. The lowest BCUT2D eigenvalue weighted by Crippen LogP contribution is -2.46. The van der Waals surface area contributed by atoms with Gasteiger partial charge in [-0.1, -0.05) is 13.8 Å². The Morgan fingerprint density at radius 1 is 1.25 bits per heavy atom. The smallest absolute Gasteiger partial charge is 0.0729 e. The number of nitrogens with one attached hydrogen (secondary N) is 1. The van der Waals surface area contributed by atoms with Crippen LogP contribution in [0, 0.1) is 5.92 Å². The van der Waals surface area contributed by atoms with Crippen LogP contribution in [0.1, 0.15) is 39.5 Å². The van der Waals surface area contributed by atoms with E-state index in [9.17, 15) is 0 Å². The minimum absolute atomic E-state index is 0.153. The Kier molecular flexibility index (Phi) is 4.22. The Bertz CT molecular complexity index is 206. The second-order valence-electron chi connectivity index (χ2n) is 5.57. The molecule has 0 bridgehead atoms. The molecule has 1 N–H and O–H groups in total. The molecule has 1 atom stereocenters. The number of hydrogen-bond donors (Lipinski definition) is 1. The van der Waals surface area contributed by atoms with Crippen molar-refractivity contribution in [2.75, 3.05) is 26.4 Å². The summed E-state index contributed by atoms with van der Waals surface area (Å²) in [5, 5.41) is 3.55. The zero-order valence-corrected chi connectivity index (χ0v) is 10.6. The van der Waals surface area contributed by atoms with E-state index < -0.39 is 0 Å². The van der Waals surface area contributed by atoms with Crippen molar-refractivity contribution in [3.8, 4) is 0 Å². The van der Waals surface area contributed by atoms with Crippen LogP contribution in [-0.4, -0.2) is 38.0 Å². The molecule has 0 aromatic rings. The molecule has 0 aliphatic carbocycles. The topological polar surface area (TPSA) is 30.5 Å². The summed E-state index contributed by atoms with van der Waals surface area (Å²) < 4.78 is 11.5. The summed E-state index contributed by atoms with van der Waals surface area (Å²) in [5.74, 6) is 0.786. The van der Waals surface area contributed by atoms with E-state index in [1.807, 2.05) is 0 Å². The quantitative estimate of drug-likeness (QED) is 0.799. The van der Waals surface area contributed by atoms with Crippen molar-refractivity contribution in [2.24, 2.45) is 5.92 Å².